The van der Waals surface area contributed by atoms with Crippen molar-refractivity contribution in [2.75, 3.05) is 7.11 Å². The number of rotatable bonds is 10. The van der Waals surface area contributed by atoms with Gasteiger partial charge in [-0.25, -0.2) is 0 Å². The summed E-state index contributed by atoms with van der Waals surface area (Å²) in [4.78, 5) is 28.0. The number of hydrogen-bond donors (Lipinski definition) is 1. The standard InChI is InChI=1S/C28H38N2O3/c1-20(2)24-14-9-22(10-15-24)13-18-27(31)30(19-23-11-16-26(33-4)17-12-23)21(3)28(32)29-25-7-5-6-8-25/h9-12,14-17,20-21,25H,5-8,13,18-19H2,1-4H3,(H,29,32)/t21-/m0/s1. The number of aryl methyl sites for hydroxylation is 1. The van der Waals surface area contributed by atoms with Crippen molar-refractivity contribution in [1.29, 1.82) is 0 Å². The molecule has 1 saturated carbocycles. The Balaban J connectivity index is 1.69. The Kier molecular flexibility index (Phi) is 8.93. The zero-order chi connectivity index (χ0) is 23.8. The van der Waals surface area contributed by atoms with Gasteiger partial charge in [0.05, 0.1) is 7.11 Å². The molecular weight excluding hydrogens is 412 g/mol. The number of ether oxygens (including phenoxy) is 1. The van der Waals surface area contributed by atoms with E-state index in [9.17, 15) is 9.59 Å². The number of nitrogens with one attached hydrogen (secondary N) is 1. The number of carbonyl (C=O) groups excluding carboxylic acids is 2. The van der Waals surface area contributed by atoms with Crippen LogP contribution in [0.5, 0.6) is 5.75 Å². The molecule has 0 heterocycles. The SMILES string of the molecule is COc1ccc(CN(C(=O)CCc2ccc(C(C)C)cc2)[C@@H](C)C(=O)NC2CCCC2)cc1. The molecule has 0 unspecified atom stereocenters. The molecule has 0 radical (unpaired) electrons. The first-order valence-corrected chi connectivity index (χ1v) is 12.2. The minimum atomic E-state index is -0.525. The number of carbonyl (C=O) groups is 2. The first kappa shape index (κ1) is 24.8. The van der Waals surface area contributed by atoms with Gasteiger partial charge in [0.1, 0.15) is 11.8 Å². The van der Waals surface area contributed by atoms with Crippen LogP contribution in [0.4, 0.5) is 0 Å². The van der Waals surface area contributed by atoms with E-state index in [1.54, 1.807) is 12.0 Å². The molecule has 178 valence electrons. The lowest BCUT2D eigenvalue weighted by molar-refractivity contribution is -0.140. The molecule has 1 fully saturated rings. The molecular formula is C28H38N2O3. The van der Waals surface area contributed by atoms with Gasteiger partial charge in [-0.2, -0.15) is 0 Å². The quantitative estimate of drug-likeness (QED) is 0.539. The van der Waals surface area contributed by atoms with Crippen LogP contribution in [0.1, 0.15) is 75.5 Å². The van der Waals surface area contributed by atoms with E-state index in [1.165, 1.54) is 5.56 Å². The fraction of sp³-hybridized carbons (Fsp3) is 0.500. The van der Waals surface area contributed by atoms with Gasteiger partial charge < -0.3 is 15.0 Å². The van der Waals surface area contributed by atoms with Crippen molar-refractivity contribution >= 4 is 11.8 Å². The zero-order valence-electron chi connectivity index (χ0n) is 20.5. The molecule has 0 bridgehead atoms. The van der Waals surface area contributed by atoms with E-state index < -0.39 is 6.04 Å². The molecule has 0 spiro atoms. The average molecular weight is 451 g/mol. The number of benzene rings is 2. The molecule has 1 atom stereocenters. The molecule has 33 heavy (non-hydrogen) atoms. The molecule has 5 heteroatoms. The minimum Gasteiger partial charge on any atom is -0.497 e. The number of amides is 2. The van der Waals surface area contributed by atoms with Gasteiger partial charge in [-0.05, 0) is 60.9 Å². The highest BCUT2D eigenvalue weighted by Gasteiger charge is 2.28. The molecule has 1 aliphatic rings. The summed E-state index contributed by atoms with van der Waals surface area (Å²) in [5.41, 5.74) is 3.41. The Bertz CT molecular complexity index is 900. The van der Waals surface area contributed by atoms with Gasteiger partial charge in [-0.1, -0.05) is 63.1 Å². The van der Waals surface area contributed by atoms with Crippen molar-refractivity contribution in [1.82, 2.24) is 10.2 Å². The average Bonchev–Trinajstić information content (AvgIpc) is 3.34. The van der Waals surface area contributed by atoms with E-state index in [0.29, 0.717) is 25.3 Å². The third kappa shape index (κ3) is 7.08. The van der Waals surface area contributed by atoms with Gasteiger partial charge in [0, 0.05) is 19.0 Å². The van der Waals surface area contributed by atoms with Crippen LogP contribution in [0, 0.1) is 0 Å². The fourth-order valence-electron chi connectivity index (χ4n) is 4.37. The van der Waals surface area contributed by atoms with E-state index in [-0.39, 0.29) is 17.9 Å². The predicted octanol–water partition coefficient (Wildman–Crippen LogP) is 5.23. The van der Waals surface area contributed by atoms with Crippen molar-refractivity contribution in [2.24, 2.45) is 0 Å². The lowest BCUT2D eigenvalue weighted by Crippen LogP contribution is -2.49. The molecule has 2 aromatic carbocycles. The molecule has 1 aliphatic carbocycles. The predicted molar refractivity (Wildman–Crippen MR) is 132 cm³/mol. The largest absolute Gasteiger partial charge is 0.497 e. The second kappa shape index (κ2) is 11.9. The van der Waals surface area contributed by atoms with Gasteiger partial charge in [0.25, 0.3) is 0 Å². The summed E-state index contributed by atoms with van der Waals surface area (Å²) in [6.07, 6.45) is 5.40. The minimum absolute atomic E-state index is 0.00664. The highest BCUT2D eigenvalue weighted by Crippen LogP contribution is 2.20. The summed E-state index contributed by atoms with van der Waals surface area (Å²) < 4.78 is 5.25. The molecule has 5 nitrogen and oxygen atoms in total. The van der Waals surface area contributed by atoms with E-state index in [1.807, 2.05) is 31.2 Å². The van der Waals surface area contributed by atoms with Gasteiger partial charge in [0.15, 0.2) is 0 Å². The van der Waals surface area contributed by atoms with Gasteiger partial charge in [0.2, 0.25) is 11.8 Å². The highest BCUT2D eigenvalue weighted by atomic mass is 16.5. The van der Waals surface area contributed by atoms with E-state index >= 15 is 0 Å². The van der Waals surface area contributed by atoms with Crippen LogP contribution in [-0.2, 0) is 22.6 Å². The van der Waals surface area contributed by atoms with Crippen molar-refractivity contribution in [2.45, 2.75) is 83.8 Å². The third-order valence-electron chi connectivity index (χ3n) is 6.65. The van der Waals surface area contributed by atoms with Crippen molar-refractivity contribution in [3.8, 4) is 5.75 Å². The first-order chi connectivity index (χ1) is 15.9. The lowest BCUT2D eigenvalue weighted by atomic mass is 10.00. The maximum Gasteiger partial charge on any atom is 0.242 e. The summed E-state index contributed by atoms with van der Waals surface area (Å²) in [7, 11) is 1.63. The van der Waals surface area contributed by atoms with E-state index in [4.69, 9.17) is 4.74 Å². The van der Waals surface area contributed by atoms with Crippen molar-refractivity contribution in [3.63, 3.8) is 0 Å². The lowest BCUT2D eigenvalue weighted by Gasteiger charge is -2.30. The van der Waals surface area contributed by atoms with Crippen LogP contribution in [-0.4, -0.2) is 35.9 Å². The van der Waals surface area contributed by atoms with Crippen molar-refractivity contribution in [3.05, 3.63) is 65.2 Å². The Labute approximate surface area is 198 Å². The Hall–Kier alpha value is -2.82. The second-order valence-corrected chi connectivity index (χ2v) is 9.43. The number of methoxy groups -OCH3 is 1. The summed E-state index contributed by atoms with van der Waals surface area (Å²) in [6, 6.07) is 15.9. The van der Waals surface area contributed by atoms with E-state index in [0.717, 1.165) is 42.6 Å². The molecule has 0 aromatic heterocycles. The molecule has 2 amide bonds. The zero-order valence-corrected chi connectivity index (χ0v) is 20.5. The molecule has 1 N–H and O–H groups in total. The van der Waals surface area contributed by atoms with E-state index in [2.05, 4.69) is 43.4 Å². The highest BCUT2D eigenvalue weighted by molar-refractivity contribution is 5.87. The normalized spacial score (nSPS) is 14.8. The summed E-state index contributed by atoms with van der Waals surface area (Å²) in [5.74, 6) is 1.19. The third-order valence-corrected chi connectivity index (χ3v) is 6.65. The van der Waals surface area contributed by atoms with Crippen LogP contribution in [0.15, 0.2) is 48.5 Å². The van der Waals surface area contributed by atoms with Crippen molar-refractivity contribution < 1.29 is 14.3 Å². The maximum atomic E-state index is 13.3. The van der Waals surface area contributed by atoms with Crippen LogP contribution < -0.4 is 10.1 Å². The van der Waals surface area contributed by atoms with Crippen LogP contribution in [0.2, 0.25) is 0 Å². The van der Waals surface area contributed by atoms with Gasteiger partial charge in [-0.3, -0.25) is 9.59 Å². The topological polar surface area (TPSA) is 58.6 Å². The van der Waals surface area contributed by atoms with Gasteiger partial charge in [-0.15, -0.1) is 0 Å². The molecule has 3 rings (SSSR count). The molecule has 2 aromatic rings. The Morgan fingerprint density at radius 2 is 1.58 bits per heavy atom. The van der Waals surface area contributed by atoms with Crippen LogP contribution in [0.25, 0.3) is 0 Å². The number of hydrogen-bond acceptors (Lipinski definition) is 3. The molecule has 0 saturated heterocycles. The fourth-order valence-corrected chi connectivity index (χ4v) is 4.37. The maximum absolute atomic E-state index is 13.3. The number of nitrogens with zero attached hydrogens (tertiary/aromatic N) is 1. The second-order valence-electron chi connectivity index (χ2n) is 9.43. The smallest absolute Gasteiger partial charge is 0.242 e. The monoisotopic (exact) mass is 450 g/mol. The van der Waals surface area contributed by atoms with Crippen LogP contribution in [0.3, 0.4) is 0 Å². The Morgan fingerprint density at radius 3 is 2.15 bits per heavy atom. The first-order valence-electron chi connectivity index (χ1n) is 12.2. The Morgan fingerprint density at radius 1 is 0.970 bits per heavy atom. The van der Waals surface area contributed by atoms with Crippen LogP contribution >= 0.6 is 0 Å². The summed E-state index contributed by atoms with van der Waals surface area (Å²) in [5, 5.41) is 3.16. The summed E-state index contributed by atoms with van der Waals surface area (Å²) in [6.45, 7) is 6.58. The van der Waals surface area contributed by atoms with Gasteiger partial charge >= 0.3 is 0 Å². The summed E-state index contributed by atoms with van der Waals surface area (Å²) >= 11 is 0. The molecule has 0 aliphatic heterocycles.